The number of rotatable bonds is 7. The topological polar surface area (TPSA) is 116 Å². The van der Waals surface area contributed by atoms with Gasteiger partial charge in [0.25, 0.3) is 11.5 Å². The molecule has 0 saturated carbocycles. The first-order valence-electron chi connectivity index (χ1n) is 12.3. The number of ether oxygens (including phenoxy) is 1. The van der Waals surface area contributed by atoms with Crippen molar-refractivity contribution in [3.8, 4) is 0 Å². The van der Waals surface area contributed by atoms with E-state index in [1.54, 1.807) is 21.8 Å². The lowest BCUT2D eigenvalue weighted by molar-refractivity contribution is -0.151. The first-order chi connectivity index (χ1) is 18.3. The maximum atomic E-state index is 13.3. The van der Waals surface area contributed by atoms with Crippen LogP contribution in [0.25, 0.3) is 0 Å². The van der Waals surface area contributed by atoms with Gasteiger partial charge in [-0.2, -0.15) is 31.4 Å². The van der Waals surface area contributed by atoms with Crippen LogP contribution in [-0.4, -0.2) is 75.4 Å². The molecule has 39 heavy (non-hydrogen) atoms. The third-order valence-corrected chi connectivity index (χ3v) is 6.67. The molecule has 0 unspecified atom stereocenters. The van der Waals surface area contributed by atoms with Crippen molar-refractivity contribution in [1.29, 1.82) is 0 Å². The maximum absolute atomic E-state index is 13.3. The van der Waals surface area contributed by atoms with Crippen LogP contribution >= 0.6 is 0 Å². The van der Waals surface area contributed by atoms with Gasteiger partial charge in [-0.1, -0.05) is 0 Å². The fraction of sp³-hybridized carbons (Fsp3) is 0.609. The van der Waals surface area contributed by atoms with E-state index in [4.69, 9.17) is 4.74 Å². The molecule has 0 aliphatic carbocycles. The quantitative estimate of drug-likeness (QED) is 0.494. The second kappa shape index (κ2) is 11.4. The highest BCUT2D eigenvalue weighted by molar-refractivity contribution is 5.82. The number of aromatic amines is 1. The number of carbonyl (C=O) groups excluding carboxylic acids is 1. The van der Waals surface area contributed by atoms with Crippen LogP contribution < -0.4 is 15.8 Å². The second-order valence-electron chi connectivity index (χ2n) is 9.51. The molecule has 4 rings (SSSR count). The molecule has 0 aromatic carbocycles. The first-order valence-corrected chi connectivity index (χ1v) is 12.3. The van der Waals surface area contributed by atoms with Crippen LogP contribution in [0.1, 0.15) is 43.7 Å². The van der Waals surface area contributed by atoms with Crippen molar-refractivity contribution in [3.63, 3.8) is 0 Å². The fourth-order valence-electron chi connectivity index (χ4n) is 4.75. The Labute approximate surface area is 218 Å². The number of likely N-dealkylation sites (tertiary alicyclic amines) is 1. The largest absolute Gasteiger partial charge is 0.423 e. The monoisotopic (exact) mass is 563 g/mol. The Morgan fingerprint density at radius 1 is 1.03 bits per heavy atom. The molecule has 10 nitrogen and oxygen atoms in total. The van der Waals surface area contributed by atoms with Gasteiger partial charge < -0.3 is 19.9 Å². The van der Waals surface area contributed by atoms with E-state index in [2.05, 4.69) is 20.4 Å². The summed E-state index contributed by atoms with van der Waals surface area (Å²) < 4.78 is 83.8. The Bertz CT molecular complexity index is 1200. The Morgan fingerprint density at radius 3 is 2.31 bits per heavy atom. The summed E-state index contributed by atoms with van der Waals surface area (Å²) in [6.45, 7) is 2.92. The zero-order chi connectivity index (χ0) is 28.4. The molecule has 0 radical (unpaired) electrons. The predicted octanol–water partition coefficient (Wildman–Crippen LogP) is 3.07. The number of hydrogen-bond donors (Lipinski definition) is 2. The van der Waals surface area contributed by atoms with E-state index in [1.807, 2.05) is 0 Å². The van der Waals surface area contributed by atoms with Crippen LogP contribution in [0, 0.1) is 0 Å². The van der Waals surface area contributed by atoms with E-state index in [-0.39, 0.29) is 24.5 Å². The lowest BCUT2D eigenvalue weighted by Crippen LogP contribution is -2.54. The van der Waals surface area contributed by atoms with Gasteiger partial charge in [0.2, 0.25) is 5.95 Å². The first kappa shape index (κ1) is 28.6. The minimum atomic E-state index is -4.88. The van der Waals surface area contributed by atoms with E-state index in [1.165, 1.54) is 0 Å². The Morgan fingerprint density at radius 2 is 1.69 bits per heavy atom. The Kier molecular flexibility index (Phi) is 8.32. The third kappa shape index (κ3) is 6.78. The third-order valence-electron chi connectivity index (χ3n) is 6.67. The number of H-pyrrole nitrogens is 1. The summed E-state index contributed by atoms with van der Waals surface area (Å²) in [5, 5.41) is 7.77. The highest BCUT2D eigenvalue weighted by Crippen LogP contribution is 2.32. The molecule has 2 saturated heterocycles. The number of carbonyl (C=O) groups is 1. The van der Waals surface area contributed by atoms with Crippen molar-refractivity contribution in [3.05, 3.63) is 40.1 Å². The van der Waals surface area contributed by atoms with E-state index in [0.29, 0.717) is 45.3 Å². The average Bonchev–Trinajstić information content (AvgIpc) is 2.87. The zero-order valence-corrected chi connectivity index (χ0v) is 20.8. The molecule has 1 amide bonds. The van der Waals surface area contributed by atoms with Gasteiger partial charge >= 0.3 is 12.4 Å². The summed E-state index contributed by atoms with van der Waals surface area (Å²) in [5.74, 6) is -0.0233. The van der Waals surface area contributed by atoms with Crippen LogP contribution in [0.5, 0.6) is 0 Å². The Balaban J connectivity index is 1.30. The summed E-state index contributed by atoms with van der Waals surface area (Å²) in [7, 11) is 0. The number of nitrogens with zero attached hydrogens (tertiary/aromatic N) is 5. The number of piperidine rings is 2. The highest BCUT2D eigenvalue weighted by atomic mass is 19.4. The van der Waals surface area contributed by atoms with Crippen LogP contribution in [0.15, 0.2) is 23.4 Å². The molecule has 16 heteroatoms. The maximum Gasteiger partial charge on any atom is 0.423 e. The molecule has 2 N–H and O–H groups in total. The van der Waals surface area contributed by atoms with Crippen molar-refractivity contribution in [1.82, 2.24) is 25.1 Å². The van der Waals surface area contributed by atoms with Crippen LogP contribution in [-0.2, 0) is 21.9 Å². The fourth-order valence-corrected chi connectivity index (χ4v) is 4.75. The normalized spacial score (nSPS) is 20.3. The van der Waals surface area contributed by atoms with Gasteiger partial charge in [0.15, 0.2) is 0 Å². The lowest BCUT2D eigenvalue weighted by atomic mass is 9.98. The summed E-state index contributed by atoms with van der Waals surface area (Å²) in [5.41, 5.74) is -4.17. The van der Waals surface area contributed by atoms with Crippen LogP contribution in [0.4, 0.5) is 38.0 Å². The van der Waals surface area contributed by atoms with Gasteiger partial charge in [0.05, 0.1) is 24.1 Å². The minimum absolute atomic E-state index is 0.0853. The molecule has 0 bridgehead atoms. The van der Waals surface area contributed by atoms with Gasteiger partial charge in [-0.25, -0.2) is 15.1 Å². The molecular weight excluding hydrogens is 536 g/mol. The molecule has 2 atom stereocenters. The summed E-state index contributed by atoms with van der Waals surface area (Å²) >= 11 is 0. The van der Waals surface area contributed by atoms with Gasteiger partial charge in [-0.15, -0.1) is 0 Å². The molecule has 2 aromatic heterocycles. The van der Waals surface area contributed by atoms with Gasteiger partial charge in [-0.3, -0.25) is 9.59 Å². The molecule has 2 fully saturated rings. The van der Waals surface area contributed by atoms with Crippen molar-refractivity contribution in [2.24, 2.45) is 0 Å². The van der Waals surface area contributed by atoms with Crippen molar-refractivity contribution < 1.29 is 35.9 Å². The van der Waals surface area contributed by atoms with Crippen LogP contribution in [0.2, 0.25) is 0 Å². The van der Waals surface area contributed by atoms with E-state index >= 15 is 0 Å². The molecule has 0 spiro atoms. The number of nitrogens with one attached hydrogen (secondary N) is 2. The van der Waals surface area contributed by atoms with Gasteiger partial charge in [0.1, 0.15) is 11.7 Å². The zero-order valence-electron chi connectivity index (χ0n) is 20.8. The van der Waals surface area contributed by atoms with Crippen molar-refractivity contribution in [2.45, 2.75) is 63.1 Å². The summed E-state index contributed by atoms with van der Waals surface area (Å²) in [6.07, 6.45) is -5.53. The molecule has 4 heterocycles. The predicted molar refractivity (Wildman–Crippen MR) is 126 cm³/mol. The lowest BCUT2D eigenvalue weighted by Gasteiger charge is -2.42. The SMILES string of the molecule is C[C@@H](CO[C@H]1CCCN(C2CCN(c3ncc(C(F)(F)F)cn3)CC2)C1=O)Nc1cn[nH]c(=O)c1C(F)(F)F. The van der Waals surface area contributed by atoms with E-state index in [0.717, 1.165) is 18.6 Å². The number of halogens is 6. The molecular formula is C23H27F6N7O3. The number of amides is 1. The van der Waals surface area contributed by atoms with Crippen molar-refractivity contribution >= 4 is 17.5 Å². The molecule has 2 aliphatic heterocycles. The molecule has 2 aliphatic rings. The second-order valence-corrected chi connectivity index (χ2v) is 9.51. The van der Waals surface area contributed by atoms with Gasteiger partial charge in [-0.05, 0) is 32.6 Å². The van der Waals surface area contributed by atoms with Crippen molar-refractivity contribution in [2.75, 3.05) is 36.5 Å². The number of hydrogen-bond acceptors (Lipinski definition) is 8. The highest BCUT2D eigenvalue weighted by Gasteiger charge is 2.39. The molecule has 2 aromatic rings. The standard InChI is InChI=1S/C23H27F6N7O3/c1-13(33-16-11-32-34-19(37)18(16)23(27,28)29)12-39-17-3-2-6-36(20(17)38)15-4-7-35(8-5-15)21-30-9-14(10-31-21)22(24,25)26/h9-11,13,15,17H,2-8,12H2,1H3,(H2,33,34,37)/t13-,17-/m0/s1. The number of alkyl halides is 6. The smallest absolute Gasteiger partial charge is 0.378 e. The van der Waals surface area contributed by atoms with E-state index < -0.39 is 46.9 Å². The Hall–Kier alpha value is -3.43. The average molecular weight is 564 g/mol. The summed E-state index contributed by atoms with van der Waals surface area (Å²) in [6, 6.07) is -0.758. The minimum Gasteiger partial charge on any atom is -0.378 e. The van der Waals surface area contributed by atoms with Gasteiger partial charge in [0, 0.05) is 44.1 Å². The number of aromatic nitrogens is 4. The molecule has 214 valence electrons. The van der Waals surface area contributed by atoms with Crippen LogP contribution in [0.3, 0.4) is 0 Å². The van der Waals surface area contributed by atoms with E-state index in [9.17, 15) is 35.9 Å². The number of anilines is 2. The summed E-state index contributed by atoms with van der Waals surface area (Å²) in [4.78, 5) is 35.9.